The molecular weight excluding hydrogens is 312 g/mol. The molecule has 1 N–H and O–H groups in total. The van der Waals surface area contributed by atoms with Gasteiger partial charge >= 0.3 is 6.36 Å². The van der Waals surface area contributed by atoms with Crippen LogP contribution in [0, 0.1) is 10.2 Å². The van der Waals surface area contributed by atoms with Crippen LogP contribution in [0.4, 0.5) is 13.2 Å². The van der Waals surface area contributed by atoms with Gasteiger partial charge in [0, 0.05) is 5.56 Å². The first-order valence-electron chi connectivity index (χ1n) is 3.46. The van der Waals surface area contributed by atoms with Crippen LogP contribution in [0.25, 0.3) is 0 Å². The zero-order chi connectivity index (χ0) is 10.8. The summed E-state index contributed by atoms with van der Waals surface area (Å²) in [5.74, 6) is -0.386. The van der Waals surface area contributed by atoms with Crippen LogP contribution in [0.1, 0.15) is 5.56 Å². The maximum atomic E-state index is 11.9. The second kappa shape index (κ2) is 4.35. The van der Waals surface area contributed by atoms with E-state index >= 15 is 0 Å². The molecule has 1 radical (unpaired) electrons. The summed E-state index contributed by atoms with van der Waals surface area (Å²) in [5.41, 5.74) is -0.00535. The van der Waals surface area contributed by atoms with Crippen molar-refractivity contribution in [3.05, 3.63) is 33.9 Å². The van der Waals surface area contributed by atoms with E-state index in [4.69, 9.17) is 5.11 Å². The van der Waals surface area contributed by atoms with Gasteiger partial charge in [-0.15, -0.1) is 13.2 Å². The van der Waals surface area contributed by atoms with Gasteiger partial charge in [0.1, 0.15) is 12.4 Å². The lowest BCUT2D eigenvalue weighted by atomic mass is 10.2. The molecule has 0 fully saturated rings. The fourth-order valence-corrected chi connectivity index (χ4v) is 1.48. The number of alkyl halides is 3. The lowest BCUT2D eigenvalue weighted by Gasteiger charge is -2.13. The molecule has 14 heavy (non-hydrogen) atoms. The first-order chi connectivity index (χ1) is 6.44. The van der Waals surface area contributed by atoms with Crippen molar-refractivity contribution in [2.45, 2.75) is 6.36 Å². The number of aliphatic hydroxyl groups is 1. The molecule has 0 saturated heterocycles. The summed E-state index contributed by atoms with van der Waals surface area (Å²) < 4.78 is 39.8. The highest BCUT2D eigenvalue weighted by atomic mass is 127. The Morgan fingerprint density at radius 1 is 1.36 bits per heavy atom. The molecule has 1 aromatic rings. The zero-order valence-corrected chi connectivity index (χ0v) is 8.83. The number of hydrogen-bond donors (Lipinski definition) is 1. The molecule has 0 aliphatic carbocycles. The molecule has 0 atom stereocenters. The number of para-hydroxylation sites is 1. The van der Waals surface area contributed by atoms with Gasteiger partial charge in [0.25, 0.3) is 0 Å². The molecule has 0 bridgehead atoms. The Morgan fingerprint density at radius 2 is 2.00 bits per heavy atom. The summed E-state index contributed by atoms with van der Waals surface area (Å²) in [7, 11) is 0. The van der Waals surface area contributed by atoms with Gasteiger partial charge in [-0.05, 0) is 28.7 Å². The smallest absolute Gasteiger partial charge is 0.404 e. The predicted octanol–water partition coefficient (Wildman–Crippen LogP) is 3.07. The van der Waals surface area contributed by atoms with Crippen LogP contribution < -0.4 is 4.74 Å². The van der Waals surface area contributed by atoms with Crippen molar-refractivity contribution < 1.29 is 23.0 Å². The molecule has 0 heterocycles. The van der Waals surface area contributed by atoms with Crippen molar-refractivity contribution in [3.63, 3.8) is 0 Å². The van der Waals surface area contributed by atoms with Gasteiger partial charge in [-0.2, -0.15) is 0 Å². The van der Waals surface area contributed by atoms with Crippen LogP contribution in [0.5, 0.6) is 5.75 Å². The zero-order valence-electron chi connectivity index (χ0n) is 6.68. The molecular formula is C8H5F3IO2. The van der Waals surface area contributed by atoms with Crippen molar-refractivity contribution in [1.29, 1.82) is 0 Å². The van der Waals surface area contributed by atoms with Gasteiger partial charge < -0.3 is 9.84 Å². The van der Waals surface area contributed by atoms with Gasteiger partial charge in [-0.25, -0.2) is 0 Å². The van der Waals surface area contributed by atoms with Gasteiger partial charge in [0.15, 0.2) is 0 Å². The van der Waals surface area contributed by atoms with E-state index in [1.807, 2.05) is 0 Å². The molecule has 0 spiro atoms. The van der Waals surface area contributed by atoms with Crippen LogP contribution >= 0.6 is 22.6 Å². The summed E-state index contributed by atoms with van der Waals surface area (Å²) >= 11 is 1.69. The molecule has 1 rings (SSSR count). The van der Waals surface area contributed by atoms with Crippen molar-refractivity contribution in [3.8, 4) is 5.75 Å². The van der Waals surface area contributed by atoms with Crippen LogP contribution in [0.15, 0.2) is 18.2 Å². The number of hydrogen-bond acceptors (Lipinski definition) is 2. The Morgan fingerprint density at radius 3 is 2.50 bits per heavy atom. The normalized spacial score (nSPS) is 11.5. The third kappa shape index (κ3) is 3.02. The number of aliphatic hydroxyl groups excluding tert-OH is 1. The maximum absolute atomic E-state index is 11.9. The topological polar surface area (TPSA) is 29.5 Å². The SMILES string of the molecule is O[CH]c1cccc(I)c1OC(F)(F)F. The first kappa shape index (κ1) is 11.6. The Hall–Kier alpha value is -0.500. The molecule has 1 aromatic carbocycles. The number of benzene rings is 1. The van der Waals surface area contributed by atoms with E-state index in [-0.39, 0.29) is 14.9 Å². The molecule has 0 saturated carbocycles. The van der Waals surface area contributed by atoms with Crippen molar-refractivity contribution in [2.75, 3.05) is 0 Å². The Kier molecular flexibility index (Phi) is 3.59. The highest BCUT2D eigenvalue weighted by molar-refractivity contribution is 14.1. The fraction of sp³-hybridized carbons (Fsp3) is 0.125. The van der Waals surface area contributed by atoms with Crippen LogP contribution in [-0.2, 0) is 0 Å². The standard InChI is InChI=1S/C8H5F3IO2/c9-8(10,11)14-7-5(4-13)2-1-3-6(7)12/h1-4,13H. The van der Waals surface area contributed by atoms with Crippen molar-refractivity contribution >= 4 is 22.6 Å². The highest BCUT2D eigenvalue weighted by Crippen LogP contribution is 2.31. The third-order valence-corrected chi connectivity index (χ3v) is 2.20. The summed E-state index contributed by atoms with van der Waals surface area (Å²) in [6.07, 6.45) is -4.75. The highest BCUT2D eigenvalue weighted by Gasteiger charge is 2.32. The van der Waals surface area contributed by atoms with E-state index in [1.54, 1.807) is 22.6 Å². The van der Waals surface area contributed by atoms with E-state index in [0.717, 1.165) is 0 Å². The molecule has 0 unspecified atom stereocenters. The van der Waals surface area contributed by atoms with E-state index in [1.165, 1.54) is 18.2 Å². The molecule has 0 aromatic heterocycles. The predicted molar refractivity (Wildman–Crippen MR) is 51.2 cm³/mol. The Labute approximate surface area is 91.8 Å². The summed E-state index contributed by atoms with van der Waals surface area (Å²) in [5, 5.41) is 8.66. The van der Waals surface area contributed by atoms with Crippen molar-refractivity contribution in [2.24, 2.45) is 0 Å². The lowest BCUT2D eigenvalue weighted by Crippen LogP contribution is -2.18. The monoisotopic (exact) mass is 317 g/mol. The minimum absolute atomic E-state index is 0.00535. The minimum Gasteiger partial charge on any atom is -0.404 e. The molecule has 77 valence electrons. The summed E-state index contributed by atoms with van der Waals surface area (Å²) in [6.45, 7) is 0.573. The van der Waals surface area contributed by atoms with Gasteiger partial charge in [0.05, 0.1) is 3.57 Å². The van der Waals surface area contributed by atoms with Crippen LogP contribution in [0.3, 0.4) is 0 Å². The largest absolute Gasteiger partial charge is 0.573 e. The van der Waals surface area contributed by atoms with Crippen molar-refractivity contribution in [1.82, 2.24) is 0 Å². The maximum Gasteiger partial charge on any atom is 0.573 e. The van der Waals surface area contributed by atoms with Crippen LogP contribution in [0.2, 0.25) is 0 Å². The number of halogens is 4. The first-order valence-corrected chi connectivity index (χ1v) is 4.53. The van der Waals surface area contributed by atoms with E-state index < -0.39 is 6.36 Å². The van der Waals surface area contributed by atoms with E-state index in [2.05, 4.69) is 4.74 Å². The van der Waals surface area contributed by atoms with Gasteiger partial charge in [-0.3, -0.25) is 0 Å². The quantitative estimate of drug-likeness (QED) is 0.850. The van der Waals surface area contributed by atoms with Crippen LogP contribution in [-0.4, -0.2) is 11.5 Å². The molecule has 0 amide bonds. The average molecular weight is 317 g/mol. The number of rotatable bonds is 2. The molecule has 0 aliphatic heterocycles. The fourth-order valence-electron chi connectivity index (χ4n) is 0.851. The van der Waals surface area contributed by atoms with E-state index in [9.17, 15) is 13.2 Å². The molecule has 2 nitrogen and oxygen atoms in total. The van der Waals surface area contributed by atoms with E-state index in [0.29, 0.717) is 6.61 Å². The molecule has 6 heteroatoms. The average Bonchev–Trinajstić information content (AvgIpc) is 2.06. The Bertz CT molecular complexity index is 325. The second-order valence-corrected chi connectivity index (χ2v) is 3.50. The second-order valence-electron chi connectivity index (χ2n) is 2.34. The minimum atomic E-state index is -4.75. The third-order valence-electron chi connectivity index (χ3n) is 1.35. The summed E-state index contributed by atoms with van der Waals surface area (Å²) in [6, 6.07) is 4.30. The lowest BCUT2D eigenvalue weighted by molar-refractivity contribution is -0.275. The molecule has 0 aliphatic rings. The Balaban J connectivity index is 3.05. The number of ether oxygens (including phenoxy) is 1. The van der Waals surface area contributed by atoms with Gasteiger partial charge in [-0.1, -0.05) is 12.1 Å². The summed E-state index contributed by atoms with van der Waals surface area (Å²) in [4.78, 5) is 0. The van der Waals surface area contributed by atoms with Gasteiger partial charge in [0.2, 0.25) is 0 Å².